The van der Waals surface area contributed by atoms with E-state index >= 15 is 0 Å². The SMILES string of the molecule is CCN(CC)C(=O)C(=Cc1ccc(OC)cc1)n1ccccc1=O. The van der Waals surface area contributed by atoms with Gasteiger partial charge in [-0.15, -0.1) is 0 Å². The van der Waals surface area contributed by atoms with Gasteiger partial charge in [0.15, 0.2) is 0 Å². The van der Waals surface area contributed by atoms with E-state index < -0.39 is 0 Å². The first-order chi connectivity index (χ1) is 11.6. The summed E-state index contributed by atoms with van der Waals surface area (Å²) in [5, 5.41) is 0. The van der Waals surface area contributed by atoms with Gasteiger partial charge in [-0.3, -0.25) is 14.2 Å². The molecular weight excluding hydrogens is 304 g/mol. The second kappa shape index (κ2) is 8.15. The Morgan fingerprint density at radius 3 is 2.33 bits per heavy atom. The molecule has 0 radical (unpaired) electrons. The fourth-order valence-corrected chi connectivity index (χ4v) is 2.39. The standard InChI is InChI=1S/C19H22N2O3/c1-4-20(5-2)19(23)17(21-13-7-6-8-18(21)22)14-15-9-11-16(24-3)12-10-15/h6-14H,4-5H2,1-3H3. The minimum atomic E-state index is -0.238. The third kappa shape index (κ3) is 3.93. The number of amides is 1. The Balaban J connectivity index is 2.53. The van der Waals surface area contributed by atoms with Crippen LogP contribution in [-0.4, -0.2) is 35.6 Å². The van der Waals surface area contributed by atoms with Gasteiger partial charge in [-0.1, -0.05) is 18.2 Å². The molecule has 0 saturated heterocycles. The Kier molecular flexibility index (Phi) is 5.95. The Hall–Kier alpha value is -2.82. The monoisotopic (exact) mass is 326 g/mol. The zero-order valence-electron chi connectivity index (χ0n) is 14.2. The fourth-order valence-electron chi connectivity index (χ4n) is 2.39. The van der Waals surface area contributed by atoms with Crippen LogP contribution in [0.5, 0.6) is 5.75 Å². The Morgan fingerprint density at radius 2 is 1.79 bits per heavy atom. The van der Waals surface area contributed by atoms with Crippen molar-refractivity contribution in [2.24, 2.45) is 0 Å². The average molecular weight is 326 g/mol. The number of carbonyl (C=O) groups excluding carboxylic acids is 1. The van der Waals surface area contributed by atoms with Gasteiger partial charge < -0.3 is 9.64 Å². The summed E-state index contributed by atoms with van der Waals surface area (Å²) < 4.78 is 6.53. The number of methoxy groups -OCH3 is 1. The molecule has 0 saturated carbocycles. The van der Waals surface area contributed by atoms with E-state index in [1.807, 2.05) is 38.1 Å². The minimum absolute atomic E-state index is 0.177. The summed E-state index contributed by atoms with van der Waals surface area (Å²) in [6, 6.07) is 12.2. The third-order valence-electron chi connectivity index (χ3n) is 3.77. The number of aromatic nitrogens is 1. The van der Waals surface area contributed by atoms with Gasteiger partial charge in [0, 0.05) is 25.4 Å². The van der Waals surface area contributed by atoms with E-state index in [4.69, 9.17) is 4.74 Å². The molecule has 126 valence electrons. The predicted molar refractivity (Wildman–Crippen MR) is 95.8 cm³/mol. The van der Waals surface area contributed by atoms with Crippen molar-refractivity contribution in [3.63, 3.8) is 0 Å². The quantitative estimate of drug-likeness (QED) is 0.767. The second-order valence-corrected chi connectivity index (χ2v) is 5.19. The number of hydrogen-bond acceptors (Lipinski definition) is 3. The average Bonchev–Trinajstić information content (AvgIpc) is 2.62. The van der Waals surface area contributed by atoms with Crippen LogP contribution in [-0.2, 0) is 4.79 Å². The van der Waals surface area contributed by atoms with Crippen LogP contribution in [0.15, 0.2) is 53.5 Å². The molecule has 0 unspecified atom stereocenters. The van der Waals surface area contributed by atoms with Gasteiger partial charge in [0.05, 0.1) is 7.11 Å². The molecule has 5 nitrogen and oxygen atoms in total. The van der Waals surface area contributed by atoms with E-state index in [9.17, 15) is 9.59 Å². The van der Waals surface area contributed by atoms with Gasteiger partial charge in [-0.05, 0) is 43.7 Å². The zero-order valence-corrected chi connectivity index (χ0v) is 14.2. The summed E-state index contributed by atoms with van der Waals surface area (Å²) in [7, 11) is 1.60. The Morgan fingerprint density at radius 1 is 1.12 bits per heavy atom. The van der Waals surface area contributed by atoms with Crippen LogP contribution in [0.25, 0.3) is 11.8 Å². The van der Waals surface area contributed by atoms with Crippen molar-refractivity contribution in [3.05, 3.63) is 64.6 Å². The van der Waals surface area contributed by atoms with Crippen LogP contribution in [0.3, 0.4) is 0 Å². The van der Waals surface area contributed by atoms with Gasteiger partial charge >= 0.3 is 0 Å². The highest BCUT2D eigenvalue weighted by atomic mass is 16.5. The van der Waals surface area contributed by atoms with Crippen molar-refractivity contribution in [3.8, 4) is 5.75 Å². The van der Waals surface area contributed by atoms with Crippen LogP contribution in [0, 0.1) is 0 Å². The Labute approximate surface area is 141 Å². The molecule has 0 aliphatic rings. The van der Waals surface area contributed by atoms with Crippen LogP contribution in [0.2, 0.25) is 0 Å². The molecule has 1 amide bonds. The summed E-state index contributed by atoms with van der Waals surface area (Å²) in [4.78, 5) is 26.7. The van der Waals surface area contributed by atoms with E-state index in [0.717, 1.165) is 11.3 Å². The highest BCUT2D eigenvalue weighted by Gasteiger charge is 2.18. The lowest BCUT2D eigenvalue weighted by molar-refractivity contribution is -0.125. The molecule has 1 aromatic heterocycles. The molecule has 0 fully saturated rings. The molecule has 0 bridgehead atoms. The number of pyridine rings is 1. The van der Waals surface area contributed by atoms with E-state index in [2.05, 4.69) is 0 Å². The van der Waals surface area contributed by atoms with Crippen LogP contribution < -0.4 is 10.3 Å². The van der Waals surface area contributed by atoms with Gasteiger partial charge in [0.2, 0.25) is 0 Å². The summed E-state index contributed by atoms with van der Waals surface area (Å²) in [6.45, 7) is 4.99. The molecule has 5 heteroatoms. The maximum absolute atomic E-state index is 12.9. The van der Waals surface area contributed by atoms with Crippen molar-refractivity contribution in [2.75, 3.05) is 20.2 Å². The van der Waals surface area contributed by atoms with Crippen LogP contribution in [0.4, 0.5) is 0 Å². The number of likely N-dealkylation sites (N-methyl/N-ethyl adjacent to an activating group) is 1. The van der Waals surface area contributed by atoms with Crippen molar-refractivity contribution >= 4 is 17.7 Å². The predicted octanol–water partition coefficient (Wildman–Crippen LogP) is 2.72. The van der Waals surface area contributed by atoms with E-state index in [1.54, 1.807) is 36.4 Å². The molecule has 2 aromatic rings. The summed E-state index contributed by atoms with van der Waals surface area (Å²) in [5.74, 6) is 0.560. The van der Waals surface area contributed by atoms with Crippen molar-refractivity contribution in [1.82, 2.24) is 9.47 Å². The summed E-state index contributed by atoms with van der Waals surface area (Å²) in [6.07, 6.45) is 3.33. The molecule has 0 spiro atoms. The van der Waals surface area contributed by atoms with Crippen molar-refractivity contribution in [2.45, 2.75) is 13.8 Å². The van der Waals surface area contributed by atoms with E-state index in [1.165, 1.54) is 10.6 Å². The lowest BCUT2D eigenvalue weighted by atomic mass is 10.1. The number of benzene rings is 1. The van der Waals surface area contributed by atoms with Gasteiger partial charge in [-0.2, -0.15) is 0 Å². The highest BCUT2D eigenvalue weighted by molar-refractivity contribution is 6.18. The highest BCUT2D eigenvalue weighted by Crippen LogP contribution is 2.17. The van der Waals surface area contributed by atoms with Gasteiger partial charge in [0.1, 0.15) is 11.4 Å². The van der Waals surface area contributed by atoms with Crippen LogP contribution in [0.1, 0.15) is 19.4 Å². The molecular formula is C19H22N2O3. The molecule has 1 heterocycles. The Bertz CT molecular complexity index is 772. The van der Waals surface area contributed by atoms with Crippen LogP contribution >= 0.6 is 0 Å². The topological polar surface area (TPSA) is 51.5 Å². The first-order valence-electron chi connectivity index (χ1n) is 7.93. The maximum atomic E-state index is 12.9. The molecule has 2 rings (SSSR count). The number of ether oxygens (including phenoxy) is 1. The van der Waals surface area contributed by atoms with Gasteiger partial charge in [-0.25, -0.2) is 0 Å². The lowest BCUT2D eigenvalue weighted by Crippen LogP contribution is -2.35. The zero-order chi connectivity index (χ0) is 17.5. The smallest absolute Gasteiger partial charge is 0.270 e. The summed E-state index contributed by atoms with van der Waals surface area (Å²) in [5.41, 5.74) is 0.911. The molecule has 0 N–H and O–H groups in total. The number of nitrogens with zero attached hydrogens (tertiary/aromatic N) is 2. The number of hydrogen-bond donors (Lipinski definition) is 0. The lowest BCUT2D eigenvalue weighted by Gasteiger charge is -2.21. The fraction of sp³-hybridized carbons (Fsp3) is 0.263. The van der Waals surface area contributed by atoms with Crippen molar-refractivity contribution in [1.29, 1.82) is 0 Å². The van der Waals surface area contributed by atoms with E-state index in [0.29, 0.717) is 18.8 Å². The minimum Gasteiger partial charge on any atom is -0.497 e. The number of carbonyl (C=O) groups is 1. The first kappa shape index (κ1) is 17.5. The summed E-state index contributed by atoms with van der Waals surface area (Å²) >= 11 is 0. The normalized spacial score (nSPS) is 11.2. The van der Waals surface area contributed by atoms with Crippen molar-refractivity contribution < 1.29 is 9.53 Å². The molecule has 0 aliphatic heterocycles. The molecule has 1 aromatic carbocycles. The maximum Gasteiger partial charge on any atom is 0.270 e. The molecule has 24 heavy (non-hydrogen) atoms. The molecule has 0 aliphatic carbocycles. The second-order valence-electron chi connectivity index (χ2n) is 5.19. The first-order valence-corrected chi connectivity index (χ1v) is 7.93. The molecule has 0 atom stereocenters. The van der Waals surface area contributed by atoms with E-state index in [-0.39, 0.29) is 11.5 Å². The van der Waals surface area contributed by atoms with Gasteiger partial charge in [0.25, 0.3) is 11.5 Å². The number of rotatable bonds is 6. The largest absolute Gasteiger partial charge is 0.497 e. The third-order valence-corrected chi connectivity index (χ3v) is 3.77.